The number of aryl methyl sites for hydroxylation is 2. The summed E-state index contributed by atoms with van der Waals surface area (Å²) in [4.78, 5) is 11.6. The van der Waals surface area contributed by atoms with E-state index in [1.54, 1.807) is 17.7 Å². The fraction of sp³-hybridized carbons (Fsp3) is 0.435. The summed E-state index contributed by atoms with van der Waals surface area (Å²) in [7, 11) is 0. The maximum absolute atomic E-state index is 7.71. The molecule has 0 atom stereocenters. The highest BCUT2D eigenvalue weighted by molar-refractivity contribution is 7.19. The molecule has 1 aliphatic heterocycles. The third-order valence-electron chi connectivity index (χ3n) is 6.16. The summed E-state index contributed by atoms with van der Waals surface area (Å²) in [5, 5.41) is 12.3. The predicted molar refractivity (Wildman–Crippen MR) is 125 cm³/mol. The molecule has 0 unspecified atom stereocenters. The molecule has 1 fully saturated rings. The van der Waals surface area contributed by atoms with Gasteiger partial charge in [0.25, 0.3) is 0 Å². The van der Waals surface area contributed by atoms with Crippen LogP contribution >= 0.6 is 11.3 Å². The standard InChI is InChI=1S/C23H27N5O2S/c24-11-15-9-18(19(10-17(15)25)30-12-14-5-7-29-8-6-14)28-22-21-16-3-1-2-4-20(16)31-23(21)27-13-26-22/h9-11,13-14,24H,1-8,12,25H2,(H,26,27,28). The van der Waals surface area contributed by atoms with Crippen molar-refractivity contribution in [1.29, 1.82) is 5.41 Å². The van der Waals surface area contributed by atoms with Crippen molar-refractivity contribution in [1.82, 2.24) is 9.97 Å². The Kier molecular flexibility index (Phi) is 5.74. The Labute approximate surface area is 185 Å². The van der Waals surface area contributed by atoms with Gasteiger partial charge in [0, 0.05) is 41.6 Å². The van der Waals surface area contributed by atoms with Gasteiger partial charge in [-0.25, -0.2) is 9.97 Å². The topological polar surface area (TPSA) is 106 Å². The molecule has 1 saturated heterocycles. The van der Waals surface area contributed by atoms with Crippen LogP contribution in [0, 0.1) is 11.3 Å². The average Bonchev–Trinajstić information content (AvgIpc) is 3.19. The first kappa shape index (κ1) is 20.2. The van der Waals surface area contributed by atoms with E-state index in [9.17, 15) is 0 Å². The molecule has 1 aromatic carbocycles. The number of thiophene rings is 1. The molecular weight excluding hydrogens is 410 g/mol. The summed E-state index contributed by atoms with van der Waals surface area (Å²) < 4.78 is 11.7. The summed E-state index contributed by atoms with van der Waals surface area (Å²) >= 11 is 1.78. The zero-order valence-corrected chi connectivity index (χ0v) is 18.3. The highest BCUT2D eigenvalue weighted by Gasteiger charge is 2.21. The summed E-state index contributed by atoms with van der Waals surface area (Å²) in [5.41, 5.74) is 9.50. The molecule has 0 amide bonds. The Morgan fingerprint density at radius 1 is 1.23 bits per heavy atom. The number of ether oxygens (including phenoxy) is 2. The van der Waals surface area contributed by atoms with Crippen LogP contribution in [-0.2, 0) is 17.6 Å². The van der Waals surface area contributed by atoms with Gasteiger partial charge in [0.1, 0.15) is 22.7 Å². The van der Waals surface area contributed by atoms with Crippen molar-refractivity contribution >= 4 is 45.0 Å². The lowest BCUT2D eigenvalue weighted by molar-refractivity contribution is 0.0499. The van der Waals surface area contributed by atoms with E-state index in [2.05, 4.69) is 15.3 Å². The summed E-state index contributed by atoms with van der Waals surface area (Å²) in [6.07, 6.45) is 9.52. The van der Waals surface area contributed by atoms with Crippen molar-refractivity contribution in [2.45, 2.75) is 38.5 Å². The summed E-state index contributed by atoms with van der Waals surface area (Å²) in [6, 6.07) is 3.68. The smallest absolute Gasteiger partial charge is 0.144 e. The second-order valence-electron chi connectivity index (χ2n) is 8.23. The second-order valence-corrected chi connectivity index (χ2v) is 9.31. The first-order chi connectivity index (χ1) is 15.2. The molecule has 4 N–H and O–H groups in total. The largest absolute Gasteiger partial charge is 0.491 e. The molecule has 2 aliphatic rings. The maximum Gasteiger partial charge on any atom is 0.144 e. The van der Waals surface area contributed by atoms with E-state index in [0.717, 1.165) is 60.6 Å². The van der Waals surface area contributed by atoms with Gasteiger partial charge in [-0.1, -0.05) is 0 Å². The third kappa shape index (κ3) is 4.09. The van der Waals surface area contributed by atoms with E-state index in [1.807, 2.05) is 12.1 Å². The number of anilines is 3. The van der Waals surface area contributed by atoms with Gasteiger partial charge >= 0.3 is 0 Å². The number of rotatable bonds is 6. The minimum atomic E-state index is 0.472. The number of nitrogen functional groups attached to an aromatic ring is 1. The number of hydrogen-bond donors (Lipinski definition) is 3. The lowest BCUT2D eigenvalue weighted by Crippen LogP contribution is -2.21. The lowest BCUT2D eigenvalue weighted by atomic mass is 9.97. The van der Waals surface area contributed by atoms with Gasteiger partial charge < -0.3 is 25.9 Å². The number of aromatic nitrogens is 2. The number of nitrogens with zero attached hydrogens (tertiary/aromatic N) is 2. The van der Waals surface area contributed by atoms with E-state index in [0.29, 0.717) is 29.5 Å². The van der Waals surface area contributed by atoms with Gasteiger partial charge in [-0.3, -0.25) is 0 Å². The van der Waals surface area contributed by atoms with Crippen molar-refractivity contribution in [2.24, 2.45) is 5.92 Å². The number of hydrogen-bond acceptors (Lipinski definition) is 8. The molecule has 8 heteroatoms. The first-order valence-corrected chi connectivity index (χ1v) is 11.7. The Bertz CT molecular complexity index is 1110. The van der Waals surface area contributed by atoms with Crippen LogP contribution in [0.25, 0.3) is 10.2 Å². The maximum atomic E-state index is 7.71. The zero-order chi connectivity index (χ0) is 21.2. The van der Waals surface area contributed by atoms with E-state index in [1.165, 1.54) is 29.5 Å². The zero-order valence-electron chi connectivity index (χ0n) is 17.4. The van der Waals surface area contributed by atoms with E-state index in [-0.39, 0.29) is 0 Å². The van der Waals surface area contributed by atoms with E-state index in [4.69, 9.17) is 20.6 Å². The third-order valence-corrected chi connectivity index (χ3v) is 7.36. The fourth-order valence-electron chi connectivity index (χ4n) is 4.39. The number of fused-ring (bicyclic) bond motifs is 3. The summed E-state index contributed by atoms with van der Waals surface area (Å²) in [6.45, 7) is 2.20. The van der Waals surface area contributed by atoms with Crippen molar-refractivity contribution in [3.05, 3.63) is 34.5 Å². The normalized spacial score (nSPS) is 16.8. The van der Waals surface area contributed by atoms with Crippen LogP contribution in [0.1, 0.15) is 41.7 Å². The molecule has 31 heavy (non-hydrogen) atoms. The van der Waals surface area contributed by atoms with Crippen LogP contribution < -0.4 is 15.8 Å². The summed E-state index contributed by atoms with van der Waals surface area (Å²) in [5.74, 6) is 1.95. The highest BCUT2D eigenvalue weighted by Crippen LogP contribution is 2.40. The second kappa shape index (κ2) is 8.80. The number of nitrogens with two attached hydrogens (primary N) is 1. The molecule has 5 rings (SSSR count). The minimum Gasteiger partial charge on any atom is -0.491 e. The van der Waals surface area contributed by atoms with Gasteiger partial charge in [0.05, 0.1) is 17.7 Å². The van der Waals surface area contributed by atoms with Crippen LogP contribution in [-0.4, -0.2) is 36.0 Å². The quantitative estimate of drug-likeness (QED) is 0.381. The molecular formula is C23H27N5O2S. The van der Waals surface area contributed by atoms with Crippen LogP contribution in [0.3, 0.4) is 0 Å². The Balaban J connectivity index is 1.49. The van der Waals surface area contributed by atoms with E-state index >= 15 is 0 Å². The van der Waals surface area contributed by atoms with Crippen LogP contribution in [0.5, 0.6) is 5.75 Å². The molecule has 3 heterocycles. The Hall–Kier alpha value is -2.71. The molecule has 162 valence electrons. The molecule has 0 radical (unpaired) electrons. The van der Waals surface area contributed by atoms with Crippen LogP contribution in [0.15, 0.2) is 18.5 Å². The van der Waals surface area contributed by atoms with Gasteiger partial charge in [-0.15, -0.1) is 11.3 Å². The van der Waals surface area contributed by atoms with Crippen molar-refractivity contribution in [3.63, 3.8) is 0 Å². The number of benzene rings is 1. The monoisotopic (exact) mass is 437 g/mol. The Morgan fingerprint density at radius 3 is 2.90 bits per heavy atom. The number of nitrogens with one attached hydrogen (secondary N) is 2. The molecule has 2 aromatic heterocycles. The highest BCUT2D eigenvalue weighted by atomic mass is 32.1. The molecule has 1 aliphatic carbocycles. The van der Waals surface area contributed by atoms with Crippen molar-refractivity contribution in [3.8, 4) is 5.75 Å². The lowest BCUT2D eigenvalue weighted by Gasteiger charge is -2.23. The predicted octanol–water partition coefficient (Wildman–Crippen LogP) is 4.70. The van der Waals surface area contributed by atoms with Crippen LogP contribution in [0.2, 0.25) is 0 Å². The minimum absolute atomic E-state index is 0.472. The van der Waals surface area contributed by atoms with E-state index < -0.39 is 0 Å². The molecule has 7 nitrogen and oxygen atoms in total. The Morgan fingerprint density at radius 2 is 2.06 bits per heavy atom. The van der Waals surface area contributed by atoms with Gasteiger partial charge in [-0.05, 0) is 56.1 Å². The molecule has 3 aromatic rings. The fourth-order valence-corrected chi connectivity index (χ4v) is 5.62. The van der Waals surface area contributed by atoms with Crippen LogP contribution in [0.4, 0.5) is 17.2 Å². The van der Waals surface area contributed by atoms with Crippen molar-refractivity contribution < 1.29 is 9.47 Å². The SMILES string of the molecule is N=Cc1cc(Nc2ncnc3sc4c(c23)CCCC4)c(OCC2CCOCC2)cc1N. The molecule has 0 spiro atoms. The average molecular weight is 438 g/mol. The molecule has 0 bridgehead atoms. The van der Waals surface area contributed by atoms with Gasteiger partial charge in [-0.2, -0.15) is 0 Å². The van der Waals surface area contributed by atoms with Crippen molar-refractivity contribution in [2.75, 3.05) is 30.9 Å². The molecule has 0 saturated carbocycles. The van der Waals surface area contributed by atoms with Gasteiger partial charge in [0.2, 0.25) is 0 Å². The first-order valence-electron chi connectivity index (χ1n) is 10.9. The van der Waals surface area contributed by atoms with Gasteiger partial charge in [0.15, 0.2) is 0 Å².